The number of piperidine rings is 1. The van der Waals surface area contributed by atoms with Crippen LogP contribution in [-0.2, 0) is 4.79 Å². The Bertz CT molecular complexity index is 247. The molecule has 3 heteroatoms. The van der Waals surface area contributed by atoms with E-state index < -0.39 is 0 Å². The highest BCUT2D eigenvalue weighted by atomic mass is 16.1. The quantitative estimate of drug-likeness (QED) is 0.710. The molecular weight excluding hydrogens is 236 g/mol. The number of carbonyl (C=O) groups is 1. The van der Waals surface area contributed by atoms with Gasteiger partial charge in [0.1, 0.15) is 0 Å². The molecule has 0 aromatic carbocycles. The fraction of sp³-hybridized carbons (Fsp3) is 0.938. The van der Waals surface area contributed by atoms with Crippen molar-refractivity contribution >= 4 is 5.91 Å². The van der Waals surface area contributed by atoms with Crippen LogP contribution < -0.4 is 10.6 Å². The number of nitrogens with one attached hydrogen (secondary N) is 2. The summed E-state index contributed by atoms with van der Waals surface area (Å²) in [6, 6.07) is 0.333. The lowest BCUT2D eigenvalue weighted by molar-refractivity contribution is -0.122. The van der Waals surface area contributed by atoms with E-state index in [0.29, 0.717) is 12.5 Å². The van der Waals surface area contributed by atoms with E-state index in [1.165, 1.54) is 25.7 Å². The lowest BCUT2D eigenvalue weighted by Gasteiger charge is -2.22. The van der Waals surface area contributed by atoms with Crippen LogP contribution in [0.5, 0.6) is 0 Å². The van der Waals surface area contributed by atoms with Crippen molar-refractivity contribution in [3.63, 3.8) is 0 Å². The standard InChI is InChI=1S/C16H32N2O/c1-13(2)5-4-6-14(3)18-16(19)8-7-15-9-11-17-12-10-15/h13-15,17H,4-12H2,1-3H3,(H,18,19). The topological polar surface area (TPSA) is 41.1 Å². The van der Waals surface area contributed by atoms with Crippen molar-refractivity contribution in [3.05, 3.63) is 0 Å². The largest absolute Gasteiger partial charge is 0.354 e. The molecule has 0 spiro atoms. The Morgan fingerprint density at radius 3 is 2.53 bits per heavy atom. The van der Waals surface area contributed by atoms with E-state index in [1.807, 2.05) is 0 Å². The molecule has 0 bridgehead atoms. The van der Waals surface area contributed by atoms with Gasteiger partial charge in [0.2, 0.25) is 5.91 Å². The van der Waals surface area contributed by atoms with Crippen molar-refractivity contribution < 1.29 is 4.79 Å². The molecule has 2 N–H and O–H groups in total. The fourth-order valence-electron chi connectivity index (χ4n) is 2.76. The van der Waals surface area contributed by atoms with Crippen molar-refractivity contribution in [1.82, 2.24) is 10.6 Å². The first-order valence-corrected chi connectivity index (χ1v) is 8.08. The highest BCUT2D eigenvalue weighted by Gasteiger charge is 2.15. The first kappa shape index (κ1) is 16.5. The first-order valence-electron chi connectivity index (χ1n) is 8.08. The summed E-state index contributed by atoms with van der Waals surface area (Å²) in [6.45, 7) is 8.88. The van der Waals surface area contributed by atoms with Crippen molar-refractivity contribution in [2.45, 2.75) is 71.8 Å². The molecule has 0 saturated carbocycles. The van der Waals surface area contributed by atoms with E-state index in [9.17, 15) is 4.79 Å². The molecular formula is C16H32N2O. The molecule has 0 aliphatic carbocycles. The average Bonchev–Trinajstić information content (AvgIpc) is 2.37. The molecule has 112 valence electrons. The minimum Gasteiger partial charge on any atom is -0.354 e. The van der Waals surface area contributed by atoms with Crippen LogP contribution in [0, 0.1) is 11.8 Å². The SMILES string of the molecule is CC(C)CCCC(C)NC(=O)CCC1CCNCC1. The van der Waals surface area contributed by atoms with Gasteiger partial charge in [0, 0.05) is 12.5 Å². The Labute approximate surface area is 118 Å². The van der Waals surface area contributed by atoms with Crippen LogP contribution in [-0.4, -0.2) is 25.0 Å². The predicted octanol–water partition coefficient (Wildman–Crippen LogP) is 3.10. The number of rotatable bonds is 8. The minimum atomic E-state index is 0.246. The normalized spacial score (nSPS) is 18.5. The van der Waals surface area contributed by atoms with Crippen LogP contribution in [0.15, 0.2) is 0 Å². The van der Waals surface area contributed by atoms with E-state index in [4.69, 9.17) is 0 Å². The third-order valence-electron chi connectivity index (χ3n) is 4.06. The molecule has 1 saturated heterocycles. The van der Waals surface area contributed by atoms with Crippen molar-refractivity contribution in [1.29, 1.82) is 0 Å². The maximum absolute atomic E-state index is 11.9. The molecule has 19 heavy (non-hydrogen) atoms. The summed E-state index contributed by atoms with van der Waals surface area (Å²) in [7, 11) is 0. The molecule has 0 radical (unpaired) electrons. The summed E-state index contributed by atoms with van der Waals surface area (Å²) in [6.07, 6.45) is 7.82. The zero-order valence-electron chi connectivity index (χ0n) is 13.0. The number of carbonyl (C=O) groups excluding carboxylic acids is 1. The van der Waals surface area contributed by atoms with Gasteiger partial charge in [0.15, 0.2) is 0 Å². The zero-order valence-corrected chi connectivity index (χ0v) is 13.0. The van der Waals surface area contributed by atoms with Crippen LogP contribution in [0.25, 0.3) is 0 Å². The monoisotopic (exact) mass is 268 g/mol. The van der Waals surface area contributed by atoms with E-state index >= 15 is 0 Å². The third kappa shape index (κ3) is 8.25. The highest BCUT2D eigenvalue weighted by molar-refractivity contribution is 5.76. The molecule has 3 nitrogen and oxygen atoms in total. The summed E-state index contributed by atoms with van der Waals surface area (Å²) in [4.78, 5) is 11.9. The molecule has 1 aliphatic rings. The number of hydrogen-bond donors (Lipinski definition) is 2. The van der Waals surface area contributed by atoms with Gasteiger partial charge in [-0.25, -0.2) is 0 Å². The molecule has 1 fully saturated rings. The second kappa shape index (κ2) is 9.35. The van der Waals surface area contributed by atoms with Crippen molar-refractivity contribution in [2.75, 3.05) is 13.1 Å². The minimum absolute atomic E-state index is 0.246. The number of hydrogen-bond acceptors (Lipinski definition) is 2. The van der Waals surface area contributed by atoms with Crippen molar-refractivity contribution in [3.8, 4) is 0 Å². The van der Waals surface area contributed by atoms with E-state index in [1.54, 1.807) is 0 Å². The third-order valence-corrected chi connectivity index (χ3v) is 4.06. The maximum atomic E-state index is 11.9. The summed E-state index contributed by atoms with van der Waals surface area (Å²) < 4.78 is 0. The summed E-state index contributed by atoms with van der Waals surface area (Å²) in [5, 5.41) is 6.50. The second-order valence-corrected chi connectivity index (χ2v) is 6.53. The van der Waals surface area contributed by atoms with E-state index in [0.717, 1.165) is 37.8 Å². The lowest BCUT2D eigenvalue weighted by atomic mass is 9.93. The molecule has 1 unspecified atom stereocenters. The maximum Gasteiger partial charge on any atom is 0.220 e. The number of amides is 1. The van der Waals surface area contributed by atoms with Crippen LogP contribution >= 0.6 is 0 Å². The van der Waals surface area contributed by atoms with Gasteiger partial charge >= 0.3 is 0 Å². The van der Waals surface area contributed by atoms with Crippen LogP contribution in [0.4, 0.5) is 0 Å². The molecule has 1 heterocycles. The first-order chi connectivity index (χ1) is 9.08. The Balaban J connectivity index is 2.05. The molecule has 1 atom stereocenters. The molecule has 0 aromatic heterocycles. The van der Waals surface area contributed by atoms with Gasteiger partial charge in [-0.15, -0.1) is 0 Å². The molecule has 1 rings (SSSR count). The molecule has 0 aromatic rings. The molecule has 1 aliphatic heterocycles. The van der Waals surface area contributed by atoms with Gasteiger partial charge < -0.3 is 10.6 Å². The van der Waals surface area contributed by atoms with E-state index in [2.05, 4.69) is 31.4 Å². The van der Waals surface area contributed by atoms with Gasteiger partial charge in [-0.2, -0.15) is 0 Å². The average molecular weight is 268 g/mol. The van der Waals surface area contributed by atoms with Crippen molar-refractivity contribution in [2.24, 2.45) is 11.8 Å². The Morgan fingerprint density at radius 1 is 1.21 bits per heavy atom. The Kier molecular flexibility index (Phi) is 8.11. The highest BCUT2D eigenvalue weighted by Crippen LogP contribution is 2.17. The van der Waals surface area contributed by atoms with E-state index in [-0.39, 0.29) is 5.91 Å². The van der Waals surface area contributed by atoms with Crippen LogP contribution in [0.2, 0.25) is 0 Å². The van der Waals surface area contributed by atoms with Gasteiger partial charge in [-0.05, 0) is 57.5 Å². The zero-order chi connectivity index (χ0) is 14.1. The van der Waals surface area contributed by atoms with Gasteiger partial charge in [-0.1, -0.05) is 26.7 Å². The van der Waals surface area contributed by atoms with Gasteiger partial charge in [0.25, 0.3) is 0 Å². The molecule has 1 amide bonds. The summed E-state index contributed by atoms with van der Waals surface area (Å²) in [5.41, 5.74) is 0. The predicted molar refractivity (Wildman–Crippen MR) is 81.1 cm³/mol. The van der Waals surface area contributed by atoms with Crippen LogP contribution in [0.1, 0.15) is 65.7 Å². The summed E-state index contributed by atoms with van der Waals surface area (Å²) in [5.74, 6) is 1.77. The summed E-state index contributed by atoms with van der Waals surface area (Å²) >= 11 is 0. The second-order valence-electron chi connectivity index (χ2n) is 6.53. The lowest BCUT2D eigenvalue weighted by Crippen LogP contribution is -2.33. The van der Waals surface area contributed by atoms with Gasteiger partial charge in [0.05, 0.1) is 0 Å². The Morgan fingerprint density at radius 2 is 1.89 bits per heavy atom. The smallest absolute Gasteiger partial charge is 0.220 e. The van der Waals surface area contributed by atoms with Gasteiger partial charge in [-0.3, -0.25) is 4.79 Å². The Hall–Kier alpha value is -0.570. The van der Waals surface area contributed by atoms with Crippen LogP contribution in [0.3, 0.4) is 0 Å². The fourth-order valence-corrected chi connectivity index (χ4v) is 2.76.